The summed E-state index contributed by atoms with van der Waals surface area (Å²) in [7, 11) is 0. The Kier molecular flexibility index (Phi) is 5.03. The molecule has 0 radical (unpaired) electrons. The number of nitrogens with zero attached hydrogens (tertiary/aromatic N) is 1. The summed E-state index contributed by atoms with van der Waals surface area (Å²) in [4.78, 5) is 35.9. The molecule has 0 aromatic heterocycles. The van der Waals surface area contributed by atoms with E-state index in [1.807, 2.05) is 0 Å². The fraction of sp³-hybridized carbons (Fsp3) is 0.583. The molecule has 1 aliphatic rings. The van der Waals surface area contributed by atoms with Gasteiger partial charge in [0.1, 0.15) is 5.92 Å². The quantitative estimate of drug-likeness (QED) is 0.531. The van der Waals surface area contributed by atoms with Crippen molar-refractivity contribution in [2.24, 2.45) is 5.92 Å². The Morgan fingerprint density at radius 1 is 1.50 bits per heavy atom. The van der Waals surface area contributed by atoms with Crippen LogP contribution in [0.25, 0.3) is 0 Å². The SMILES string of the molecule is C=CCN1C(=O)NC(=O)C(CCCC(C)O)C1=O. The highest BCUT2D eigenvalue weighted by molar-refractivity contribution is 6.16. The van der Waals surface area contributed by atoms with Crippen molar-refractivity contribution in [2.75, 3.05) is 6.54 Å². The molecule has 0 aliphatic carbocycles. The fourth-order valence-electron chi connectivity index (χ4n) is 1.83. The molecule has 1 saturated heterocycles. The van der Waals surface area contributed by atoms with E-state index in [0.29, 0.717) is 19.3 Å². The molecule has 2 atom stereocenters. The lowest BCUT2D eigenvalue weighted by atomic mass is 9.97. The summed E-state index contributed by atoms with van der Waals surface area (Å²) in [6.07, 6.45) is 2.37. The predicted molar refractivity (Wildman–Crippen MR) is 64.5 cm³/mol. The number of imide groups is 2. The van der Waals surface area contributed by atoms with Crippen LogP contribution in [0.1, 0.15) is 26.2 Å². The first-order chi connectivity index (χ1) is 8.47. The van der Waals surface area contributed by atoms with E-state index in [4.69, 9.17) is 5.11 Å². The zero-order valence-corrected chi connectivity index (χ0v) is 10.4. The molecule has 0 aromatic rings. The summed E-state index contributed by atoms with van der Waals surface area (Å²) in [5, 5.41) is 11.3. The summed E-state index contributed by atoms with van der Waals surface area (Å²) < 4.78 is 0. The number of urea groups is 1. The topological polar surface area (TPSA) is 86.7 Å². The van der Waals surface area contributed by atoms with E-state index in [1.54, 1.807) is 6.92 Å². The zero-order chi connectivity index (χ0) is 13.7. The van der Waals surface area contributed by atoms with Gasteiger partial charge in [-0.05, 0) is 26.2 Å². The van der Waals surface area contributed by atoms with Crippen molar-refractivity contribution in [3.05, 3.63) is 12.7 Å². The van der Waals surface area contributed by atoms with Crippen molar-refractivity contribution < 1.29 is 19.5 Å². The highest BCUT2D eigenvalue weighted by atomic mass is 16.3. The number of rotatable bonds is 6. The molecule has 0 aromatic carbocycles. The minimum Gasteiger partial charge on any atom is -0.393 e. The molecule has 0 bridgehead atoms. The molecule has 100 valence electrons. The Bertz CT molecular complexity index is 365. The first-order valence-corrected chi connectivity index (χ1v) is 5.92. The molecule has 1 aliphatic heterocycles. The van der Waals surface area contributed by atoms with Gasteiger partial charge in [-0.1, -0.05) is 6.08 Å². The third-order valence-corrected chi connectivity index (χ3v) is 2.78. The lowest BCUT2D eigenvalue weighted by molar-refractivity contribution is -0.142. The molecule has 6 nitrogen and oxygen atoms in total. The molecule has 18 heavy (non-hydrogen) atoms. The largest absolute Gasteiger partial charge is 0.393 e. The van der Waals surface area contributed by atoms with Crippen molar-refractivity contribution in [3.8, 4) is 0 Å². The molecule has 1 heterocycles. The van der Waals surface area contributed by atoms with Gasteiger partial charge in [0.05, 0.1) is 6.10 Å². The van der Waals surface area contributed by atoms with E-state index < -0.39 is 29.9 Å². The number of hydrogen-bond acceptors (Lipinski definition) is 4. The molecular formula is C12H18N2O4. The molecule has 1 rings (SSSR count). The smallest absolute Gasteiger partial charge is 0.331 e. The minimum atomic E-state index is -0.846. The number of carbonyl (C=O) groups excluding carboxylic acids is 3. The maximum atomic E-state index is 11.9. The monoisotopic (exact) mass is 254 g/mol. The highest BCUT2D eigenvalue weighted by Gasteiger charge is 2.39. The van der Waals surface area contributed by atoms with Crippen LogP contribution in [0.4, 0.5) is 4.79 Å². The number of aliphatic hydroxyl groups is 1. The van der Waals surface area contributed by atoms with E-state index in [2.05, 4.69) is 11.9 Å². The van der Waals surface area contributed by atoms with Gasteiger partial charge in [-0.3, -0.25) is 19.8 Å². The third-order valence-electron chi connectivity index (χ3n) is 2.78. The van der Waals surface area contributed by atoms with Gasteiger partial charge in [0.2, 0.25) is 11.8 Å². The fourth-order valence-corrected chi connectivity index (χ4v) is 1.83. The van der Waals surface area contributed by atoms with Crippen LogP contribution in [0.15, 0.2) is 12.7 Å². The van der Waals surface area contributed by atoms with Gasteiger partial charge in [0.25, 0.3) is 0 Å². The van der Waals surface area contributed by atoms with Crippen LogP contribution in [-0.2, 0) is 9.59 Å². The zero-order valence-electron chi connectivity index (χ0n) is 10.4. The molecule has 2 N–H and O–H groups in total. The normalized spacial score (nSPS) is 21.8. The standard InChI is InChI=1S/C12H18N2O4/c1-3-7-14-11(17)9(6-4-5-8(2)15)10(16)13-12(14)18/h3,8-9,15H,1,4-7H2,2H3,(H,13,16,18). The van der Waals surface area contributed by atoms with Gasteiger partial charge in [-0.2, -0.15) is 0 Å². The summed E-state index contributed by atoms with van der Waals surface area (Å²) in [6.45, 7) is 5.20. The van der Waals surface area contributed by atoms with E-state index in [0.717, 1.165) is 4.90 Å². The summed E-state index contributed by atoms with van der Waals surface area (Å²) in [6, 6.07) is -0.698. The van der Waals surface area contributed by atoms with E-state index in [1.165, 1.54) is 6.08 Å². The van der Waals surface area contributed by atoms with Crippen LogP contribution in [0.2, 0.25) is 0 Å². The van der Waals surface area contributed by atoms with E-state index in [9.17, 15) is 14.4 Å². The average Bonchev–Trinajstić information content (AvgIpc) is 2.28. The average molecular weight is 254 g/mol. The maximum absolute atomic E-state index is 11.9. The van der Waals surface area contributed by atoms with Gasteiger partial charge in [-0.15, -0.1) is 6.58 Å². The lowest BCUT2D eigenvalue weighted by Crippen LogP contribution is -2.57. The van der Waals surface area contributed by atoms with Crippen LogP contribution in [0.3, 0.4) is 0 Å². The summed E-state index contributed by atoms with van der Waals surface area (Å²) in [5.41, 5.74) is 0. The molecule has 2 unspecified atom stereocenters. The Morgan fingerprint density at radius 3 is 2.72 bits per heavy atom. The van der Waals surface area contributed by atoms with Crippen molar-refractivity contribution in [1.29, 1.82) is 0 Å². The number of carbonyl (C=O) groups is 3. The Hall–Kier alpha value is -1.69. The van der Waals surface area contributed by atoms with Gasteiger partial charge < -0.3 is 5.11 Å². The number of aliphatic hydroxyl groups excluding tert-OH is 1. The molecule has 0 spiro atoms. The molecule has 0 saturated carbocycles. The second-order valence-electron chi connectivity index (χ2n) is 4.36. The molecular weight excluding hydrogens is 236 g/mol. The predicted octanol–water partition coefficient (Wildman–Crippen LogP) is 0.418. The first kappa shape index (κ1) is 14.4. The van der Waals surface area contributed by atoms with Gasteiger partial charge in [0, 0.05) is 6.54 Å². The number of hydrogen-bond donors (Lipinski definition) is 2. The van der Waals surface area contributed by atoms with Crippen LogP contribution in [-0.4, -0.2) is 40.5 Å². The summed E-state index contributed by atoms with van der Waals surface area (Å²) >= 11 is 0. The van der Waals surface area contributed by atoms with Gasteiger partial charge >= 0.3 is 6.03 Å². The molecule has 6 heteroatoms. The van der Waals surface area contributed by atoms with Gasteiger partial charge in [-0.25, -0.2) is 4.79 Å². The van der Waals surface area contributed by atoms with Gasteiger partial charge in [0.15, 0.2) is 0 Å². The first-order valence-electron chi connectivity index (χ1n) is 5.92. The number of amides is 4. The molecule has 1 fully saturated rings. The van der Waals surface area contributed by atoms with Crippen molar-refractivity contribution in [2.45, 2.75) is 32.3 Å². The van der Waals surface area contributed by atoms with E-state index >= 15 is 0 Å². The van der Waals surface area contributed by atoms with Crippen molar-refractivity contribution >= 4 is 17.8 Å². The second-order valence-corrected chi connectivity index (χ2v) is 4.36. The lowest BCUT2D eigenvalue weighted by Gasteiger charge is -2.29. The molecule has 4 amide bonds. The van der Waals surface area contributed by atoms with Crippen molar-refractivity contribution in [3.63, 3.8) is 0 Å². The van der Waals surface area contributed by atoms with Crippen LogP contribution in [0.5, 0.6) is 0 Å². The van der Waals surface area contributed by atoms with Crippen LogP contribution >= 0.6 is 0 Å². The summed E-state index contributed by atoms with van der Waals surface area (Å²) in [5.74, 6) is -1.90. The Morgan fingerprint density at radius 2 is 2.17 bits per heavy atom. The van der Waals surface area contributed by atoms with Crippen molar-refractivity contribution in [1.82, 2.24) is 10.2 Å². The number of barbiturate groups is 1. The minimum absolute atomic E-state index is 0.0881. The van der Waals surface area contributed by atoms with Crippen LogP contribution in [0, 0.1) is 5.92 Å². The third kappa shape index (κ3) is 3.40. The number of nitrogens with one attached hydrogen (secondary N) is 1. The Labute approximate surface area is 106 Å². The highest BCUT2D eigenvalue weighted by Crippen LogP contribution is 2.17. The van der Waals surface area contributed by atoms with E-state index in [-0.39, 0.29) is 6.54 Å². The second kappa shape index (κ2) is 6.30. The maximum Gasteiger partial charge on any atom is 0.331 e. The van der Waals surface area contributed by atoms with Crippen LogP contribution < -0.4 is 5.32 Å². The Balaban J connectivity index is 2.65.